The summed E-state index contributed by atoms with van der Waals surface area (Å²) in [5, 5.41) is 7.55. The van der Waals surface area contributed by atoms with Gasteiger partial charge in [-0.2, -0.15) is 11.8 Å². The van der Waals surface area contributed by atoms with E-state index in [0.717, 1.165) is 19.6 Å². The van der Waals surface area contributed by atoms with Crippen LogP contribution in [0, 0.1) is 5.92 Å². The fraction of sp³-hybridized carbons (Fsp3) is 0.786. The van der Waals surface area contributed by atoms with Gasteiger partial charge in [-0.05, 0) is 19.4 Å². The Morgan fingerprint density at radius 1 is 1.47 bits per heavy atom. The summed E-state index contributed by atoms with van der Waals surface area (Å²) in [5.74, 6) is 1.91. The molecule has 2 unspecified atom stereocenters. The minimum atomic E-state index is 0.585. The zero-order valence-corrected chi connectivity index (χ0v) is 14.0. The molecule has 108 valence electrons. The van der Waals surface area contributed by atoms with Crippen LogP contribution in [0.2, 0.25) is 0 Å². The SMILES string of the molecule is CC(C)CNCc1csc(N2CCSC(C)C2C)n1. The lowest BCUT2D eigenvalue weighted by Crippen LogP contribution is -2.44. The second-order valence-electron chi connectivity index (χ2n) is 5.66. The largest absolute Gasteiger partial charge is 0.343 e. The summed E-state index contributed by atoms with van der Waals surface area (Å²) in [6.45, 7) is 12.2. The van der Waals surface area contributed by atoms with E-state index >= 15 is 0 Å². The zero-order valence-electron chi connectivity index (χ0n) is 12.3. The van der Waals surface area contributed by atoms with E-state index in [0.29, 0.717) is 17.2 Å². The fourth-order valence-electron chi connectivity index (χ4n) is 2.20. The lowest BCUT2D eigenvalue weighted by molar-refractivity contribution is 0.548. The van der Waals surface area contributed by atoms with Gasteiger partial charge < -0.3 is 10.2 Å². The fourth-order valence-corrected chi connectivity index (χ4v) is 4.24. The quantitative estimate of drug-likeness (QED) is 0.903. The monoisotopic (exact) mass is 299 g/mol. The summed E-state index contributed by atoms with van der Waals surface area (Å²) in [7, 11) is 0. The van der Waals surface area contributed by atoms with Crippen LogP contribution in [0.15, 0.2) is 5.38 Å². The van der Waals surface area contributed by atoms with E-state index < -0.39 is 0 Å². The highest BCUT2D eigenvalue weighted by atomic mass is 32.2. The van der Waals surface area contributed by atoms with Crippen LogP contribution in [0.3, 0.4) is 0 Å². The van der Waals surface area contributed by atoms with Crippen molar-refractivity contribution in [3.8, 4) is 0 Å². The summed E-state index contributed by atoms with van der Waals surface area (Å²) in [6, 6.07) is 0.585. The minimum absolute atomic E-state index is 0.585. The summed E-state index contributed by atoms with van der Waals surface area (Å²) >= 11 is 3.86. The molecule has 0 bridgehead atoms. The Morgan fingerprint density at radius 3 is 3.00 bits per heavy atom. The number of aromatic nitrogens is 1. The molecule has 1 aromatic rings. The van der Waals surface area contributed by atoms with Crippen molar-refractivity contribution in [2.75, 3.05) is 23.7 Å². The number of hydrogen-bond donors (Lipinski definition) is 1. The van der Waals surface area contributed by atoms with Crippen molar-refractivity contribution in [3.63, 3.8) is 0 Å². The Kier molecular flexibility index (Phi) is 5.54. The number of thioether (sulfide) groups is 1. The maximum absolute atomic E-state index is 4.79. The van der Waals surface area contributed by atoms with Gasteiger partial charge in [0.15, 0.2) is 5.13 Å². The lowest BCUT2D eigenvalue weighted by Gasteiger charge is -2.37. The molecule has 1 saturated heterocycles. The number of nitrogens with one attached hydrogen (secondary N) is 1. The Hall–Kier alpha value is -0.260. The topological polar surface area (TPSA) is 28.2 Å². The third kappa shape index (κ3) is 4.10. The van der Waals surface area contributed by atoms with Gasteiger partial charge in [0.1, 0.15) is 0 Å². The van der Waals surface area contributed by atoms with Crippen LogP contribution >= 0.6 is 23.1 Å². The molecule has 2 heterocycles. The molecule has 1 fully saturated rings. The Morgan fingerprint density at radius 2 is 2.26 bits per heavy atom. The number of hydrogen-bond acceptors (Lipinski definition) is 5. The second kappa shape index (κ2) is 6.95. The average Bonchev–Trinajstić information content (AvgIpc) is 2.81. The van der Waals surface area contributed by atoms with E-state index in [1.807, 2.05) is 0 Å². The van der Waals surface area contributed by atoms with E-state index in [1.54, 1.807) is 11.3 Å². The first kappa shape index (κ1) is 15.1. The van der Waals surface area contributed by atoms with Gasteiger partial charge in [0.25, 0.3) is 0 Å². The van der Waals surface area contributed by atoms with Gasteiger partial charge in [0, 0.05) is 35.5 Å². The molecular weight excluding hydrogens is 274 g/mol. The van der Waals surface area contributed by atoms with Crippen LogP contribution in [0.25, 0.3) is 0 Å². The molecule has 0 spiro atoms. The van der Waals surface area contributed by atoms with E-state index in [-0.39, 0.29) is 0 Å². The average molecular weight is 300 g/mol. The van der Waals surface area contributed by atoms with E-state index in [4.69, 9.17) is 4.98 Å². The third-order valence-electron chi connectivity index (χ3n) is 3.53. The summed E-state index contributed by atoms with van der Waals surface area (Å²) in [4.78, 5) is 7.26. The Balaban J connectivity index is 1.92. The third-order valence-corrected chi connectivity index (χ3v) is 5.79. The normalized spacial score (nSPS) is 24.2. The molecule has 2 rings (SSSR count). The molecule has 1 N–H and O–H groups in total. The highest BCUT2D eigenvalue weighted by Gasteiger charge is 2.27. The van der Waals surface area contributed by atoms with Crippen molar-refractivity contribution in [2.45, 2.75) is 45.5 Å². The van der Waals surface area contributed by atoms with Crippen molar-refractivity contribution in [1.29, 1.82) is 0 Å². The van der Waals surface area contributed by atoms with Crippen LogP contribution in [0.1, 0.15) is 33.4 Å². The second-order valence-corrected chi connectivity index (χ2v) is 7.98. The maximum Gasteiger partial charge on any atom is 0.185 e. The maximum atomic E-state index is 4.79. The molecule has 2 atom stereocenters. The number of thiazole rings is 1. The highest BCUT2D eigenvalue weighted by Crippen LogP contribution is 2.30. The first-order chi connectivity index (χ1) is 9.08. The van der Waals surface area contributed by atoms with Crippen LogP contribution in [-0.4, -0.2) is 35.1 Å². The van der Waals surface area contributed by atoms with Crippen molar-refractivity contribution in [3.05, 3.63) is 11.1 Å². The first-order valence-electron chi connectivity index (χ1n) is 7.11. The molecule has 3 nitrogen and oxygen atoms in total. The molecule has 5 heteroatoms. The highest BCUT2D eigenvalue weighted by molar-refractivity contribution is 8.00. The van der Waals surface area contributed by atoms with Gasteiger partial charge in [-0.25, -0.2) is 4.98 Å². The van der Waals surface area contributed by atoms with Crippen LogP contribution in [0.4, 0.5) is 5.13 Å². The van der Waals surface area contributed by atoms with Gasteiger partial charge in [-0.3, -0.25) is 0 Å². The standard InChI is InChI=1S/C14H25N3S2/c1-10(2)7-15-8-13-9-19-14(16-13)17-5-6-18-12(4)11(17)3/h9-12,15H,5-8H2,1-4H3. The van der Waals surface area contributed by atoms with Gasteiger partial charge in [-0.15, -0.1) is 11.3 Å². The van der Waals surface area contributed by atoms with Crippen molar-refractivity contribution in [2.24, 2.45) is 5.92 Å². The van der Waals surface area contributed by atoms with Crippen molar-refractivity contribution < 1.29 is 0 Å². The van der Waals surface area contributed by atoms with Crippen molar-refractivity contribution in [1.82, 2.24) is 10.3 Å². The summed E-state index contributed by atoms with van der Waals surface area (Å²) < 4.78 is 0. The molecule has 19 heavy (non-hydrogen) atoms. The molecule has 0 amide bonds. The molecule has 0 aromatic carbocycles. The predicted octanol–water partition coefficient (Wildman–Crippen LogP) is 3.22. The zero-order chi connectivity index (χ0) is 13.8. The number of rotatable bonds is 5. The Bertz CT molecular complexity index is 392. The smallest absolute Gasteiger partial charge is 0.185 e. The van der Waals surface area contributed by atoms with Gasteiger partial charge >= 0.3 is 0 Å². The lowest BCUT2D eigenvalue weighted by atomic mass is 10.2. The Labute approximate surface area is 125 Å². The van der Waals surface area contributed by atoms with Gasteiger partial charge in [0.2, 0.25) is 0 Å². The summed E-state index contributed by atoms with van der Waals surface area (Å²) in [6.07, 6.45) is 0. The van der Waals surface area contributed by atoms with E-state index in [9.17, 15) is 0 Å². The van der Waals surface area contributed by atoms with E-state index in [2.05, 4.69) is 55.1 Å². The predicted molar refractivity (Wildman–Crippen MR) is 87.4 cm³/mol. The van der Waals surface area contributed by atoms with Crippen molar-refractivity contribution >= 4 is 28.2 Å². The van der Waals surface area contributed by atoms with Gasteiger partial charge in [0.05, 0.1) is 5.69 Å². The number of anilines is 1. The van der Waals surface area contributed by atoms with Crippen LogP contribution in [0.5, 0.6) is 0 Å². The van der Waals surface area contributed by atoms with E-state index in [1.165, 1.54) is 16.6 Å². The minimum Gasteiger partial charge on any atom is -0.343 e. The molecular formula is C14H25N3S2. The molecule has 0 radical (unpaired) electrons. The molecule has 1 aromatic heterocycles. The van der Waals surface area contributed by atoms with Crippen LogP contribution in [-0.2, 0) is 6.54 Å². The molecule has 0 aliphatic carbocycles. The number of nitrogens with zero attached hydrogens (tertiary/aromatic N) is 2. The molecule has 0 saturated carbocycles. The molecule has 1 aliphatic rings. The first-order valence-corrected chi connectivity index (χ1v) is 9.04. The molecule has 1 aliphatic heterocycles. The summed E-state index contributed by atoms with van der Waals surface area (Å²) in [5.41, 5.74) is 1.18. The van der Waals surface area contributed by atoms with Gasteiger partial charge in [-0.1, -0.05) is 20.8 Å². The van der Waals surface area contributed by atoms with Crippen LogP contribution < -0.4 is 10.2 Å².